The number of aliphatic carboxylic acids is 2. The van der Waals surface area contributed by atoms with Crippen LogP contribution in [0.3, 0.4) is 0 Å². The van der Waals surface area contributed by atoms with Crippen molar-refractivity contribution in [3.05, 3.63) is 63.9 Å². The molecule has 2 fully saturated rings. The number of nitrogens with zero attached hydrogens (tertiary/aromatic N) is 5. The van der Waals surface area contributed by atoms with E-state index >= 15 is 0 Å². The highest BCUT2D eigenvalue weighted by atomic mass is 31.2. The minimum atomic E-state index is -5.08. The van der Waals surface area contributed by atoms with Gasteiger partial charge in [-0.1, -0.05) is 34.6 Å². The minimum Gasteiger partial charge on any atom is -0.481 e. The number of rotatable bonds is 26. The number of imidazole rings is 1. The Morgan fingerprint density at radius 2 is 1.44 bits per heavy atom. The number of aromatic nitrogens is 2. The normalized spacial score (nSPS) is 32.0. The number of hydrogen-bond acceptors (Lipinski definition) is 18. The Balaban J connectivity index is 1.19. The van der Waals surface area contributed by atoms with E-state index < -0.39 is 150 Å². The quantitative estimate of drug-likeness (QED) is 0.0583. The van der Waals surface area contributed by atoms with Crippen LogP contribution in [-0.2, 0) is 51.9 Å². The van der Waals surface area contributed by atoms with Crippen LogP contribution in [0.25, 0.3) is 11.0 Å². The molecule has 8 rings (SSSR count). The number of aryl methyl sites for hydroxylation is 2. The predicted octanol–water partition coefficient (Wildman–Crippen LogP) is 4.36. The number of carbonyl (C=O) groups is 7. The van der Waals surface area contributed by atoms with Crippen LogP contribution in [0.15, 0.2) is 67.8 Å². The first-order valence-corrected chi connectivity index (χ1v) is 31.9. The molecule has 2 saturated heterocycles. The molecule has 492 valence electrons. The molecule has 28 heteroatoms. The second-order valence-electron chi connectivity index (χ2n) is 26.9. The van der Waals surface area contributed by atoms with Gasteiger partial charge in [-0.3, -0.25) is 57.6 Å². The van der Waals surface area contributed by atoms with Gasteiger partial charge in [-0.05, 0) is 108 Å². The number of aliphatic hydroxyl groups excluding tert-OH is 2. The van der Waals surface area contributed by atoms with E-state index in [2.05, 4.69) is 15.6 Å². The first-order chi connectivity index (χ1) is 41.8. The maximum Gasteiger partial charge on any atom is 0.472 e. The maximum atomic E-state index is 14.4. The van der Waals surface area contributed by atoms with E-state index in [4.69, 9.17) is 51.7 Å². The number of nitrogens with two attached hydrogens (primary N) is 4. The molecule has 0 radical (unpaired) electrons. The zero-order chi connectivity index (χ0) is 66.7. The first kappa shape index (κ1) is 68.9. The lowest BCUT2D eigenvalue weighted by Crippen LogP contribution is -2.56. The molecule has 15 N–H and O–H groups in total. The van der Waals surface area contributed by atoms with E-state index in [0.29, 0.717) is 56.4 Å². The molecule has 6 aliphatic heterocycles. The molecule has 1 aromatic carbocycles. The van der Waals surface area contributed by atoms with Crippen LogP contribution in [0.1, 0.15) is 150 Å². The van der Waals surface area contributed by atoms with Crippen LogP contribution in [0.2, 0.25) is 0 Å². The smallest absolute Gasteiger partial charge is 0.472 e. The SMILES string of the molecule is CC1=C2N=C(C=C3NC(=C(C)C4=N[C@@](C)([C@@H]5N=C1[C@](C)(CCC(=O)NC[C@@H](C)OP(=O)(O)O[C@H]1[C@@H](O)[C@@H](n6cnc7cc(C)c(C)cc76)O[C@@H]1CO)[C@H]5CC(N)=O)[C@@](C)(CC(N)=O)[C@@H]4CCC(=O)O)[C@@](C)(CC(N)=O)[C@@H]3CCC(=O)O)C(C)(C)[C@@H]2CCC(N)=O. The number of amides is 5. The number of carboxylic acids is 2. The second-order valence-corrected chi connectivity index (χ2v) is 28.3. The van der Waals surface area contributed by atoms with Crippen molar-refractivity contribution in [2.45, 2.75) is 189 Å². The molecule has 8 bridgehead atoms. The first-order valence-electron chi connectivity index (χ1n) is 30.4. The average molecular weight is 1270 g/mol. The van der Waals surface area contributed by atoms with Crippen LogP contribution in [0.4, 0.5) is 0 Å². The van der Waals surface area contributed by atoms with Gasteiger partial charge in [-0.15, -0.1) is 0 Å². The summed E-state index contributed by atoms with van der Waals surface area (Å²) in [6.45, 7) is 18.9. The number of phosphoric ester groups is 1. The summed E-state index contributed by atoms with van der Waals surface area (Å²) in [6, 6.07) is 2.64. The highest BCUT2D eigenvalue weighted by molar-refractivity contribution is 7.47. The van der Waals surface area contributed by atoms with Gasteiger partial charge >= 0.3 is 19.8 Å². The summed E-state index contributed by atoms with van der Waals surface area (Å²) in [5.41, 5.74) is 24.8. The molecule has 1 aromatic heterocycles. The fourth-order valence-corrected chi connectivity index (χ4v) is 16.6. The fraction of sp³-hybridized carbons (Fsp3) is 0.629. The molecule has 1 unspecified atom stereocenters. The fourth-order valence-electron chi connectivity index (χ4n) is 15.4. The predicted molar refractivity (Wildman–Crippen MR) is 330 cm³/mol. The molecule has 15 atom stereocenters. The number of primary amides is 4. The van der Waals surface area contributed by atoms with Gasteiger partial charge < -0.3 is 68.2 Å². The van der Waals surface area contributed by atoms with Crippen molar-refractivity contribution in [3.63, 3.8) is 0 Å². The molecular formula is C62H88N11O16P. The van der Waals surface area contributed by atoms with Crippen molar-refractivity contribution in [2.75, 3.05) is 13.2 Å². The highest BCUT2D eigenvalue weighted by Crippen LogP contribution is 2.63. The van der Waals surface area contributed by atoms with Gasteiger partial charge in [0.15, 0.2) is 6.23 Å². The third kappa shape index (κ3) is 13.0. The number of ether oxygens (including phenoxy) is 1. The number of fused-ring (bicyclic) bond motifs is 7. The Morgan fingerprint density at radius 3 is 2.04 bits per heavy atom. The number of phosphoric acid groups is 1. The van der Waals surface area contributed by atoms with Gasteiger partial charge in [0.05, 0.1) is 41.7 Å². The molecule has 0 saturated carbocycles. The van der Waals surface area contributed by atoms with Gasteiger partial charge in [-0.2, -0.15) is 0 Å². The average Bonchev–Trinajstić information content (AvgIpc) is 1.53. The molecule has 2 aromatic rings. The van der Waals surface area contributed by atoms with E-state index in [-0.39, 0.29) is 70.8 Å². The molecule has 7 heterocycles. The molecule has 0 spiro atoms. The molecule has 0 aliphatic carbocycles. The summed E-state index contributed by atoms with van der Waals surface area (Å²) >= 11 is 0. The van der Waals surface area contributed by atoms with E-state index in [1.807, 2.05) is 52.8 Å². The number of allylic oxidation sites excluding steroid dienone is 6. The number of aliphatic hydroxyl groups is 2. The van der Waals surface area contributed by atoms with Crippen LogP contribution < -0.4 is 33.6 Å². The Labute approximate surface area is 522 Å². The monoisotopic (exact) mass is 1270 g/mol. The van der Waals surface area contributed by atoms with Crippen molar-refractivity contribution in [1.29, 1.82) is 0 Å². The van der Waals surface area contributed by atoms with E-state index in [1.165, 1.54) is 13.3 Å². The summed E-state index contributed by atoms with van der Waals surface area (Å²) in [6.07, 6.45) is -5.37. The molecular weight excluding hydrogens is 1190 g/mol. The Hall–Kier alpha value is -7.00. The largest absolute Gasteiger partial charge is 0.481 e. The van der Waals surface area contributed by atoms with Gasteiger partial charge in [-0.25, -0.2) is 9.55 Å². The standard InChI is InChI=1S/C62H88N11O16P/c1-29-20-39-40(21-30(29)2)73(28-68-39)57-52(84)53(41(27-74)87-57)89-90(85,86)88-31(3)26-67-47(79)18-19-59(8)37(22-44(64)76)56-62(11)61(10,25-46(66)78)36(14-17-49(82)83)51(72-62)33(5)55-60(9,24-45(65)77)34(13-16-48(80)81)38(69-55)23-42-58(6,7)35(12-15-43(63)75)50(70-42)32(4)54(59)71-56/h20-21,23,28,31,34-37,41,52-53,56-57,69,74,84H,12-19,22,24-27H2,1-11H3,(H2,63,75)(H2,64,76)(H2,65,77)(H2,66,78)(H,67,79)(H,80,81)(H,82,83)(H,85,86)/t31-,34-,35-,36-,37+,41-,52-,53-,56-,57+,59-,60+,61+,62+/m1/s1. The van der Waals surface area contributed by atoms with Crippen LogP contribution in [0.5, 0.6) is 0 Å². The number of benzene rings is 1. The molecule has 27 nitrogen and oxygen atoms in total. The topological polar surface area (TPSA) is 448 Å². The van der Waals surface area contributed by atoms with Crippen molar-refractivity contribution >= 4 is 77.5 Å². The van der Waals surface area contributed by atoms with Crippen molar-refractivity contribution in [2.24, 2.45) is 83.2 Å². The van der Waals surface area contributed by atoms with Crippen molar-refractivity contribution < 1.29 is 77.2 Å². The number of carboxylic acid groups (broad SMARTS) is 2. The summed E-state index contributed by atoms with van der Waals surface area (Å²) < 4.78 is 32.2. The van der Waals surface area contributed by atoms with Crippen LogP contribution in [-0.4, -0.2) is 143 Å². The minimum absolute atomic E-state index is 0.0305. The number of hydrogen-bond donors (Lipinski definition) is 11. The highest BCUT2D eigenvalue weighted by Gasteiger charge is 2.66. The van der Waals surface area contributed by atoms with Gasteiger partial charge in [0.25, 0.3) is 0 Å². The summed E-state index contributed by atoms with van der Waals surface area (Å²) in [7, 11) is -5.08. The Morgan fingerprint density at radius 1 is 0.822 bits per heavy atom. The third-order valence-electron chi connectivity index (χ3n) is 20.5. The summed E-state index contributed by atoms with van der Waals surface area (Å²) in [5.74, 6) is -8.63. The number of carbonyl (C=O) groups excluding carboxylic acids is 5. The number of aliphatic imine (C=N–C) groups is 3. The Kier molecular flexibility index (Phi) is 19.6. The zero-order valence-electron chi connectivity index (χ0n) is 53.0. The van der Waals surface area contributed by atoms with Crippen molar-refractivity contribution in [1.82, 2.24) is 20.2 Å². The van der Waals surface area contributed by atoms with Crippen molar-refractivity contribution in [3.8, 4) is 0 Å². The van der Waals surface area contributed by atoms with Crippen LogP contribution >= 0.6 is 7.82 Å². The second kappa shape index (κ2) is 25.6. The zero-order valence-corrected chi connectivity index (χ0v) is 53.9. The van der Waals surface area contributed by atoms with Gasteiger partial charge in [0.2, 0.25) is 29.5 Å². The van der Waals surface area contributed by atoms with Gasteiger partial charge in [0, 0.05) is 131 Å². The summed E-state index contributed by atoms with van der Waals surface area (Å²) in [5, 5.41) is 48.6. The lowest BCUT2D eigenvalue weighted by Gasteiger charge is -2.48. The Bertz CT molecular complexity index is 3540. The van der Waals surface area contributed by atoms with E-state index in [9.17, 15) is 63.4 Å². The lowest BCUT2D eigenvalue weighted by molar-refractivity contribution is -0.138. The molecule has 5 amide bonds. The summed E-state index contributed by atoms with van der Waals surface area (Å²) in [4.78, 5) is 125. The molecule has 90 heavy (non-hydrogen) atoms. The van der Waals surface area contributed by atoms with E-state index in [1.54, 1.807) is 39.2 Å². The maximum absolute atomic E-state index is 14.4. The molecule has 6 aliphatic rings. The third-order valence-corrected chi connectivity index (χ3v) is 21.7. The number of nitrogens with one attached hydrogen (secondary N) is 2. The van der Waals surface area contributed by atoms with Gasteiger partial charge in [0.1, 0.15) is 18.3 Å². The van der Waals surface area contributed by atoms with E-state index in [0.717, 1.165) is 11.1 Å². The lowest BCUT2D eigenvalue weighted by atomic mass is 9.55. The van der Waals surface area contributed by atoms with Crippen LogP contribution in [0, 0.1) is 59.2 Å².